The number of hydrogen-bond donors (Lipinski definition) is 2. The van der Waals surface area contributed by atoms with E-state index < -0.39 is 27.7 Å². The van der Waals surface area contributed by atoms with Crippen LogP contribution in [0.1, 0.15) is 27.0 Å². The summed E-state index contributed by atoms with van der Waals surface area (Å²) in [6, 6.07) is 9.35. The van der Waals surface area contributed by atoms with E-state index in [1.165, 1.54) is 24.4 Å². The summed E-state index contributed by atoms with van der Waals surface area (Å²) < 4.78 is 65.3. The van der Waals surface area contributed by atoms with E-state index in [9.17, 15) is 31.6 Å². The van der Waals surface area contributed by atoms with Gasteiger partial charge in [-0.25, -0.2) is 13.4 Å². The molecule has 2 N–H and O–H groups in total. The van der Waals surface area contributed by atoms with E-state index >= 15 is 0 Å². The van der Waals surface area contributed by atoms with Crippen molar-refractivity contribution in [2.24, 2.45) is 0 Å². The monoisotopic (exact) mass is 500 g/mol. The average Bonchev–Trinajstić information content (AvgIpc) is 3.14. The summed E-state index contributed by atoms with van der Waals surface area (Å²) >= 11 is 6.63. The van der Waals surface area contributed by atoms with Crippen molar-refractivity contribution in [3.05, 3.63) is 75.3 Å². The van der Waals surface area contributed by atoms with Crippen molar-refractivity contribution in [3.8, 4) is 6.07 Å². The molecule has 7 nitrogen and oxygen atoms in total. The summed E-state index contributed by atoms with van der Waals surface area (Å²) in [7, 11) is -4.08. The molecule has 0 spiro atoms. The van der Waals surface area contributed by atoms with E-state index in [1.807, 2.05) is 0 Å². The lowest BCUT2D eigenvalue weighted by Gasteiger charge is -2.10. The van der Waals surface area contributed by atoms with Gasteiger partial charge in [0.25, 0.3) is 15.9 Å². The van der Waals surface area contributed by atoms with Crippen LogP contribution in [0, 0.1) is 11.3 Å². The molecule has 3 aromatic rings. The molecule has 0 fully saturated rings. The Bertz CT molecular complexity index is 1300. The molecular weight excluding hydrogens is 489 g/mol. The van der Waals surface area contributed by atoms with Crippen LogP contribution >= 0.6 is 22.9 Å². The molecule has 0 aliphatic heterocycles. The van der Waals surface area contributed by atoms with Gasteiger partial charge in [-0.05, 0) is 35.9 Å². The van der Waals surface area contributed by atoms with Gasteiger partial charge in [-0.2, -0.15) is 18.4 Å². The van der Waals surface area contributed by atoms with Crippen LogP contribution in [0.15, 0.2) is 53.6 Å². The number of thiazole rings is 1. The number of rotatable bonds is 6. The number of hydrogen-bond acceptors (Lipinski definition) is 6. The van der Waals surface area contributed by atoms with E-state index in [0.717, 1.165) is 35.6 Å². The predicted octanol–water partition coefficient (Wildman–Crippen LogP) is 4.42. The summed E-state index contributed by atoms with van der Waals surface area (Å²) in [4.78, 5) is 16.0. The number of halogens is 4. The molecule has 166 valence electrons. The molecular formula is C19H12ClF3N4O3S2. The number of amides is 1. The normalized spacial score (nSPS) is 11.6. The van der Waals surface area contributed by atoms with Crippen LogP contribution in [-0.4, -0.2) is 19.3 Å². The molecule has 1 aromatic heterocycles. The second kappa shape index (κ2) is 9.15. The van der Waals surface area contributed by atoms with Gasteiger partial charge in [0.2, 0.25) is 0 Å². The zero-order valence-electron chi connectivity index (χ0n) is 15.8. The van der Waals surface area contributed by atoms with Crippen LogP contribution in [0.25, 0.3) is 0 Å². The molecule has 0 saturated carbocycles. The fraction of sp³-hybridized carbons (Fsp3) is 0.105. The van der Waals surface area contributed by atoms with Gasteiger partial charge in [0.15, 0.2) is 5.13 Å². The summed E-state index contributed by atoms with van der Waals surface area (Å²) in [5.41, 5.74) is -0.689. The van der Waals surface area contributed by atoms with Gasteiger partial charge in [-0.15, -0.1) is 0 Å². The molecule has 0 saturated heterocycles. The minimum atomic E-state index is -4.47. The van der Waals surface area contributed by atoms with Gasteiger partial charge in [0.1, 0.15) is 10.4 Å². The smallest absolute Gasteiger partial charge is 0.348 e. The van der Waals surface area contributed by atoms with Gasteiger partial charge in [-0.1, -0.05) is 35.1 Å². The number of anilines is 1. The third-order valence-electron chi connectivity index (χ3n) is 4.10. The second-order valence-corrected chi connectivity index (χ2v) is 9.62. The van der Waals surface area contributed by atoms with Crippen molar-refractivity contribution in [2.45, 2.75) is 17.6 Å². The third-order valence-corrected chi connectivity index (χ3v) is 6.60. The lowest BCUT2D eigenvalue weighted by atomic mass is 10.1. The standard InChI is InChI=1S/C19H12ClF3N4O3S2/c20-16-10-26-18(31-16)27-32(29,30)14-5-6-15(12(7-14)8-24)17(28)25-9-11-1-3-13(4-2-11)19(21,22)23/h1-7,10H,9H2,(H,25,28)(H,26,27). The van der Waals surface area contributed by atoms with Gasteiger partial charge in [0.05, 0.1) is 27.8 Å². The zero-order valence-corrected chi connectivity index (χ0v) is 18.2. The van der Waals surface area contributed by atoms with E-state index in [4.69, 9.17) is 11.6 Å². The van der Waals surface area contributed by atoms with Crippen molar-refractivity contribution >= 4 is 44.0 Å². The molecule has 32 heavy (non-hydrogen) atoms. The molecule has 0 aliphatic rings. The quantitative estimate of drug-likeness (QED) is 0.520. The van der Waals surface area contributed by atoms with Crippen LogP contribution in [-0.2, 0) is 22.7 Å². The Balaban J connectivity index is 1.74. The largest absolute Gasteiger partial charge is 0.416 e. The first-order valence-electron chi connectivity index (χ1n) is 8.62. The Labute approximate surface area is 189 Å². The van der Waals surface area contributed by atoms with Gasteiger partial charge >= 0.3 is 6.18 Å². The fourth-order valence-electron chi connectivity index (χ4n) is 2.55. The Morgan fingerprint density at radius 2 is 1.88 bits per heavy atom. The number of benzene rings is 2. The average molecular weight is 501 g/mol. The molecule has 0 aliphatic carbocycles. The molecule has 0 atom stereocenters. The van der Waals surface area contributed by atoms with E-state index in [-0.39, 0.29) is 32.0 Å². The molecule has 13 heteroatoms. The molecule has 1 amide bonds. The first kappa shape index (κ1) is 23.5. The van der Waals surface area contributed by atoms with Gasteiger partial charge < -0.3 is 5.32 Å². The first-order chi connectivity index (χ1) is 15.0. The highest BCUT2D eigenvalue weighted by Gasteiger charge is 2.30. The lowest BCUT2D eigenvalue weighted by molar-refractivity contribution is -0.137. The van der Waals surface area contributed by atoms with Crippen LogP contribution in [0.2, 0.25) is 4.34 Å². The van der Waals surface area contributed by atoms with Crippen molar-refractivity contribution in [3.63, 3.8) is 0 Å². The van der Waals surface area contributed by atoms with Crippen molar-refractivity contribution < 1.29 is 26.4 Å². The highest BCUT2D eigenvalue weighted by Crippen LogP contribution is 2.29. The number of nitriles is 1. The van der Waals surface area contributed by atoms with Crippen molar-refractivity contribution in [2.75, 3.05) is 4.72 Å². The highest BCUT2D eigenvalue weighted by molar-refractivity contribution is 7.93. The Kier molecular flexibility index (Phi) is 6.73. The van der Waals surface area contributed by atoms with E-state index in [0.29, 0.717) is 5.56 Å². The fourth-order valence-corrected chi connectivity index (χ4v) is 4.63. The number of carbonyl (C=O) groups is 1. The number of nitrogens with zero attached hydrogens (tertiary/aromatic N) is 2. The van der Waals surface area contributed by atoms with Gasteiger partial charge in [-0.3, -0.25) is 9.52 Å². The molecule has 2 aromatic carbocycles. The summed E-state index contributed by atoms with van der Waals surface area (Å²) in [6.07, 6.45) is -3.19. The number of alkyl halides is 3. The first-order valence-corrected chi connectivity index (χ1v) is 11.3. The summed E-state index contributed by atoms with van der Waals surface area (Å²) in [5, 5.41) is 11.9. The predicted molar refractivity (Wildman–Crippen MR) is 112 cm³/mol. The Hall–Kier alpha value is -3.14. The van der Waals surface area contributed by atoms with Crippen LogP contribution in [0.4, 0.5) is 18.3 Å². The number of carbonyl (C=O) groups excluding carboxylic acids is 1. The molecule has 0 bridgehead atoms. The maximum Gasteiger partial charge on any atom is 0.416 e. The topological polar surface area (TPSA) is 112 Å². The Morgan fingerprint density at radius 1 is 1.19 bits per heavy atom. The minimum absolute atomic E-state index is 0.0341. The number of nitrogens with one attached hydrogen (secondary N) is 2. The highest BCUT2D eigenvalue weighted by atomic mass is 35.5. The zero-order chi connectivity index (χ0) is 23.5. The van der Waals surface area contributed by atoms with Crippen molar-refractivity contribution in [1.29, 1.82) is 5.26 Å². The lowest BCUT2D eigenvalue weighted by Crippen LogP contribution is -2.24. The minimum Gasteiger partial charge on any atom is -0.348 e. The van der Waals surface area contributed by atoms with E-state index in [1.54, 1.807) is 6.07 Å². The number of aromatic nitrogens is 1. The maximum atomic E-state index is 12.6. The van der Waals surface area contributed by atoms with E-state index in [2.05, 4.69) is 15.0 Å². The molecule has 0 unspecified atom stereocenters. The van der Waals surface area contributed by atoms with Crippen LogP contribution < -0.4 is 10.0 Å². The van der Waals surface area contributed by atoms with Gasteiger partial charge in [0, 0.05) is 6.54 Å². The number of sulfonamides is 1. The Morgan fingerprint density at radius 3 is 2.44 bits per heavy atom. The SMILES string of the molecule is N#Cc1cc(S(=O)(=O)Nc2ncc(Cl)s2)ccc1C(=O)NCc1ccc(C(F)(F)F)cc1. The molecule has 1 heterocycles. The van der Waals surface area contributed by atoms with Crippen LogP contribution in [0.3, 0.4) is 0 Å². The second-order valence-electron chi connectivity index (χ2n) is 6.27. The molecule has 3 rings (SSSR count). The maximum absolute atomic E-state index is 12.6. The third kappa shape index (κ3) is 5.56. The van der Waals surface area contributed by atoms with Crippen molar-refractivity contribution in [1.82, 2.24) is 10.3 Å². The molecule has 0 radical (unpaired) electrons. The van der Waals surface area contributed by atoms with Crippen LogP contribution in [0.5, 0.6) is 0 Å². The summed E-state index contributed by atoms with van der Waals surface area (Å²) in [6.45, 7) is -0.0890. The summed E-state index contributed by atoms with van der Waals surface area (Å²) in [5.74, 6) is -0.690.